The number of aromatic nitrogens is 1. The lowest BCUT2D eigenvalue weighted by Crippen LogP contribution is -2.22. The van der Waals surface area contributed by atoms with Crippen molar-refractivity contribution < 1.29 is 0 Å². The van der Waals surface area contributed by atoms with Crippen LogP contribution in [0, 0.1) is 0 Å². The molecule has 0 aliphatic carbocycles. The van der Waals surface area contributed by atoms with Crippen molar-refractivity contribution in [2.24, 2.45) is 0 Å². The van der Waals surface area contributed by atoms with Gasteiger partial charge >= 0.3 is 0 Å². The summed E-state index contributed by atoms with van der Waals surface area (Å²) in [7, 11) is 0. The number of benzene rings is 1. The predicted octanol–water partition coefficient (Wildman–Crippen LogP) is 4.03. The third-order valence-electron chi connectivity index (χ3n) is 2.60. The zero-order valence-electron chi connectivity index (χ0n) is 9.87. The van der Waals surface area contributed by atoms with Crippen molar-refractivity contribution in [3.8, 4) is 0 Å². The minimum Gasteiger partial charge on any atom is -0.382 e. The van der Waals surface area contributed by atoms with Crippen LogP contribution < -0.4 is 10.9 Å². The highest BCUT2D eigenvalue weighted by atomic mass is 79.9. The second-order valence-corrected chi connectivity index (χ2v) is 5.49. The van der Waals surface area contributed by atoms with Gasteiger partial charge in [-0.2, -0.15) is 0 Å². The van der Waals surface area contributed by atoms with Crippen LogP contribution in [0.25, 0.3) is 0 Å². The van der Waals surface area contributed by atoms with Crippen molar-refractivity contribution in [3.63, 3.8) is 0 Å². The van der Waals surface area contributed by atoms with E-state index in [0.717, 1.165) is 10.2 Å². The highest BCUT2D eigenvalue weighted by molar-refractivity contribution is 9.10. The molecular weight excluding hydrogens is 351 g/mol. The fraction of sp³-hybridized carbons (Fsp3) is 0.154. The van der Waals surface area contributed by atoms with Crippen LogP contribution in [0.4, 0.5) is 5.69 Å². The van der Waals surface area contributed by atoms with Gasteiger partial charge in [-0.05, 0) is 34.1 Å². The lowest BCUT2D eigenvalue weighted by molar-refractivity contribution is 0.697. The van der Waals surface area contributed by atoms with Crippen LogP contribution in [-0.2, 0) is 6.54 Å². The molecule has 0 saturated heterocycles. The maximum atomic E-state index is 11.5. The van der Waals surface area contributed by atoms with E-state index in [2.05, 4.69) is 21.2 Å². The van der Waals surface area contributed by atoms with Crippen molar-refractivity contribution in [2.45, 2.75) is 6.54 Å². The molecule has 2 rings (SSSR count). The molecule has 1 N–H and O–H groups in total. The van der Waals surface area contributed by atoms with Gasteiger partial charge in [-0.1, -0.05) is 29.3 Å². The zero-order chi connectivity index (χ0) is 13.8. The summed E-state index contributed by atoms with van der Waals surface area (Å²) in [5, 5.41) is 4.10. The fourth-order valence-corrected chi connectivity index (χ4v) is 2.46. The van der Waals surface area contributed by atoms with Crippen LogP contribution in [-0.4, -0.2) is 11.1 Å². The molecule has 6 heteroatoms. The molecule has 0 radical (unpaired) electrons. The topological polar surface area (TPSA) is 34.0 Å². The first-order valence-corrected chi connectivity index (χ1v) is 7.17. The summed E-state index contributed by atoms with van der Waals surface area (Å²) < 4.78 is 2.38. The van der Waals surface area contributed by atoms with E-state index in [9.17, 15) is 4.79 Å². The van der Waals surface area contributed by atoms with E-state index in [1.54, 1.807) is 16.8 Å². The van der Waals surface area contributed by atoms with Gasteiger partial charge in [0.15, 0.2) is 0 Å². The van der Waals surface area contributed by atoms with Crippen molar-refractivity contribution >= 4 is 44.8 Å². The first-order chi connectivity index (χ1) is 9.09. The van der Waals surface area contributed by atoms with E-state index in [1.807, 2.05) is 18.2 Å². The normalized spacial score (nSPS) is 10.5. The smallest absolute Gasteiger partial charge is 0.250 e. The molecule has 0 aliphatic rings. The molecule has 0 unspecified atom stereocenters. The highest BCUT2D eigenvalue weighted by Gasteiger charge is 2.07. The molecule has 0 bridgehead atoms. The summed E-state index contributed by atoms with van der Waals surface area (Å²) in [5.74, 6) is 0. The summed E-state index contributed by atoms with van der Waals surface area (Å²) in [6.07, 6.45) is 1.75. The number of halogens is 3. The van der Waals surface area contributed by atoms with E-state index in [4.69, 9.17) is 23.2 Å². The Bertz CT molecular complexity index is 643. The molecule has 2 aromatic rings. The molecule has 19 heavy (non-hydrogen) atoms. The third-order valence-corrected chi connectivity index (χ3v) is 4.37. The molecule has 0 spiro atoms. The van der Waals surface area contributed by atoms with Gasteiger partial charge in [-0.25, -0.2) is 0 Å². The summed E-state index contributed by atoms with van der Waals surface area (Å²) in [5.41, 5.74) is 0.725. The molecule has 1 heterocycles. The van der Waals surface area contributed by atoms with E-state index in [-0.39, 0.29) is 5.56 Å². The Morgan fingerprint density at radius 3 is 2.68 bits per heavy atom. The number of nitrogens with one attached hydrogen (secondary N) is 1. The average molecular weight is 362 g/mol. The van der Waals surface area contributed by atoms with Gasteiger partial charge in [-0.15, -0.1) is 0 Å². The third kappa shape index (κ3) is 3.53. The second-order valence-electron chi connectivity index (χ2n) is 3.88. The average Bonchev–Trinajstić information content (AvgIpc) is 2.41. The molecule has 0 amide bonds. The summed E-state index contributed by atoms with van der Waals surface area (Å²) >= 11 is 15.5. The lowest BCUT2D eigenvalue weighted by Gasteiger charge is -2.11. The minimum atomic E-state index is -0.0239. The van der Waals surface area contributed by atoms with Crippen LogP contribution in [0.2, 0.25) is 10.0 Å². The maximum Gasteiger partial charge on any atom is 0.250 e. The molecule has 1 aromatic heterocycles. The summed E-state index contributed by atoms with van der Waals surface area (Å²) in [6.45, 7) is 1.14. The van der Waals surface area contributed by atoms with Crippen LogP contribution in [0.1, 0.15) is 0 Å². The Kier molecular flexibility index (Phi) is 4.91. The van der Waals surface area contributed by atoms with E-state index < -0.39 is 0 Å². The maximum absolute atomic E-state index is 11.5. The molecule has 100 valence electrons. The first kappa shape index (κ1) is 14.4. The minimum absolute atomic E-state index is 0.0239. The van der Waals surface area contributed by atoms with Gasteiger partial charge in [0.25, 0.3) is 5.56 Å². The monoisotopic (exact) mass is 360 g/mol. The van der Waals surface area contributed by atoms with Gasteiger partial charge in [-0.3, -0.25) is 4.79 Å². The number of pyridine rings is 1. The number of hydrogen-bond acceptors (Lipinski definition) is 2. The van der Waals surface area contributed by atoms with Crippen LogP contribution in [0.15, 0.2) is 45.8 Å². The fourth-order valence-electron chi connectivity index (χ4n) is 1.62. The van der Waals surface area contributed by atoms with Crippen molar-refractivity contribution in [3.05, 3.63) is 61.4 Å². The number of hydrogen-bond donors (Lipinski definition) is 1. The van der Waals surface area contributed by atoms with Gasteiger partial charge in [0, 0.05) is 29.8 Å². The molecule has 0 saturated carbocycles. The molecule has 0 fully saturated rings. The van der Waals surface area contributed by atoms with Crippen LogP contribution in [0.3, 0.4) is 0 Å². The van der Waals surface area contributed by atoms with Crippen LogP contribution >= 0.6 is 39.1 Å². The van der Waals surface area contributed by atoms with Crippen LogP contribution in [0.5, 0.6) is 0 Å². The Morgan fingerprint density at radius 1 is 1.16 bits per heavy atom. The quantitative estimate of drug-likeness (QED) is 0.834. The molecule has 3 nitrogen and oxygen atoms in total. The Hall–Kier alpha value is -0.970. The largest absolute Gasteiger partial charge is 0.382 e. The van der Waals surface area contributed by atoms with Gasteiger partial charge in [0.2, 0.25) is 0 Å². The summed E-state index contributed by atoms with van der Waals surface area (Å²) in [4.78, 5) is 11.5. The molecule has 1 aromatic carbocycles. The SMILES string of the molecule is O=c1ccccn1CCNc1ccc(Br)c(Cl)c1Cl. The number of nitrogens with zero attached hydrogens (tertiary/aromatic N) is 1. The number of anilines is 1. The molecule has 0 aliphatic heterocycles. The lowest BCUT2D eigenvalue weighted by atomic mass is 10.3. The van der Waals surface area contributed by atoms with Crippen molar-refractivity contribution in [1.29, 1.82) is 0 Å². The van der Waals surface area contributed by atoms with Gasteiger partial charge in [0.05, 0.1) is 15.7 Å². The highest BCUT2D eigenvalue weighted by Crippen LogP contribution is 2.35. The van der Waals surface area contributed by atoms with Crippen molar-refractivity contribution in [2.75, 3.05) is 11.9 Å². The molecule has 0 atom stereocenters. The first-order valence-electron chi connectivity index (χ1n) is 5.62. The Labute approximate surface area is 129 Å². The molecular formula is C13H11BrCl2N2O. The van der Waals surface area contributed by atoms with E-state index in [0.29, 0.717) is 23.1 Å². The summed E-state index contributed by atoms with van der Waals surface area (Å²) in [6, 6.07) is 8.74. The predicted molar refractivity (Wildman–Crippen MR) is 83.4 cm³/mol. The van der Waals surface area contributed by atoms with E-state index in [1.165, 1.54) is 6.07 Å². The zero-order valence-corrected chi connectivity index (χ0v) is 13.0. The standard InChI is InChI=1S/C13H11BrCl2N2O/c14-9-4-5-10(13(16)12(9)15)17-6-8-18-7-2-1-3-11(18)19/h1-5,7,17H,6,8H2. The van der Waals surface area contributed by atoms with Crippen molar-refractivity contribution in [1.82, 2.24) is 4.57 Å². The van der Waals surface area contributed by atoms with Gasteiger partial charge < -0.3 is 9.88 Å². The van der Waals surface area contributed by atoms with E-state index >= 15 is 0 Å². The Morgan fingerprint density at radius 2 is 1.95 bits per heavy atom. The second kappa shape index (κ2) is 6.46. The van der Waals surface area contributed by atoms with Gasteiger partial charge in [0.1, 0.15) is 0 Å². The Balaban J connectivity index is 2.03. The number of rotatable bonds is 4.